The number of benzene rings is 2. The van der Waals surface area contributed by atoms with Crippen molar-refractivity contribution in [1.29, 1.82) is 0 Å². The molecule has 1 fully saturated rings. The van der Waals surface area contributed by atoms with E-state index in [1.54, 1.807) is 12.5 Å². The van der Waals surface area contributed by atoms with Crippen molar-refractivity contribution >= 4 is 26.6 Å². The maximum Gasteiger partial charge on any atom is 0.296 e. The van der Waals surface area contributed by atoms with Gasteiger partial charge in [0.25, 0.3) is 6.01 Å². The van der Waals surface area contributed by atoms with Gasteiger partial charge in [-0.1, -0.05) is 36.4 Å². The van der Waals surface area contributed by atoms with Crippen LogP contribution in [0.25, 0.3) is 33.5 Å². The smallest absolute Gasteiger partial charge is 0.296 e. The molecular weight excluding hydrogens is 471 g/mol. The zero-order chi connectivity index (χ0) is 24.6. The number of aromatic nitrogens is 3. The van der Waals surface area contributed by atoms with Gasteiger partial charge in [-0.3, -0.25) is 0 Å². The van der Waals surface area contributed by atoms with Crippen molar-refractivity contribution in [3.05, 3.63) is 60.4 Å². The zero-order valence-electron chi connectivity index (χ0n) is 19.3. The van der Waals surface area contributed by atoms with E-state index in [0.29, 0.717) is 35.4 Å². The van der Waals surface area contributed by atoms with Crippen LogP contribution in [0.15, 0.2) is 59.0 Å². The topological polar surface area (TPSA) is 110 Å². The first-order valence-electron chi connectivity index (χ1n) is 11.1. The van der Waals surface area contributed by atoms with E-state index < -0.39 is 15.5 Å². The lowest BCUT2D eigenvalue weighted by Gasteiger charge is -2.07. The Kier molecular flexibility index (Phi) is 6.26. The molecule has 2 N–H and O–H groups in total. The van der Waals surface area contributed by atoms with Crippen LogP contribution in [0.2, 0.25) is 0 Å². The van der Waals surface area contributed by atoms with Gasteiger partial charge in [-0.25, -0.2) is 13.6 Å². The molecule has 2 aromatic carbocycles. The number of fused-ring (bicyclic) bond motifs is 1. The minimum Gasteiger partial charge on any atom is -0.459 e. The second-order valence-corrected chi connectivity index (χ2v) is 11.3. The molecular formula is C25H25FN4O4S. The summed E-state index contributed by atoms with van der Waals surface area (Å²) in [7, 11) is -2.22. The molecule has 1 aliphatic rings. The summed E-state index contributed by atoms with van der Waals surface area (Å²) in [5.74, 6) is -0.473. The molecule has 35 heavy (non-hydrogen) atoms. The molecule has 0 bridgehead atoms. The van der Waals surface area contributed by atoms with Crippen LogP contribution in [0.3, 0.4) is 0 Å². The highest BCUT2D eigenvalue weighted by molar-refractivity contribution is 7.92. The van der Waals surface area contributed by atoms with E-state index in [-0.39, 0.29) is 30.5 Å². The molecule has 1 aliphatic heterocycles. The third kappa shape index (κ3) is 5.34. The van der Waals surface area contributed by atoms with E-state index in [1.165, 1.54) is 6.07 Å². The van der Waals surface area contributed by atoms with Gasteiger partial charge in [0.2, 0.25) is 0 Å². The first-order valence-corrected chi connectivity index (χ1v) is 13.4. The Hall–Kier alpha value is -3.34. The quantitative estimate of drug-likeness (QED) is 0.412. The first-order chi connectivity index (χ1) is 16.8. The molecule has 1 saturated heterocycles. The Balaban J connectivity index is 1.36. The Bertz CT molecular complexity index is 1470. The largest absolute Gasteiger partial charge is 0.459 e. The van der Waals surface area contributed by atoms with Gasteiger partial charge in [0.1, 0.15) is 11.8 Å². The predicted octanol–water partition coefficient (Wildman–Crippen LogP) is 4.32. The van der Waals surface area contributed by atoms with Crippen molar-refractivity contribution in [3.8, 4) is 28.4 Å². The number of aliphatic hydroxyl groups excluding tert-OH is 1. The summed E-state index contributed by atoms with van der Waals surface area (Å²) < 4.78 is 42.2. The lowest BCUT2D eigenvalue weighted by atomic mass is 10.0. The molecule has 10 heteroatoms. The van der Waals surface area contributed by atoms with Crippen LogP contribution in [-0.4, -0.2) is 62.2 Å². The Morgan fingerprint density at radius 3 is 2.40 bits per heavy atom. The van der Waals surface area contributed by atoms with Crippen LogP contribution in [-0.2, 0) is 14.5 Å². The summed E-state index contributed by atoms with van der Waals surface area (Å²) >= 11 is 0. The second-order valence-electron chi connectivity index (χ2n) is 8.74. The monoisotopic (exact) mass is 496 g/mol. The number of hydrogen-bond acceptors (Lipinski definition) is 7. The minimum absolute atomic E-state index is 0.0589. The Morgan fingerprint density at radius 1 is 1.11 bits per heavy atom. The van der Waals surface area contributed by atoms with Gasteiger partial charge in [-0.15, -0.1) is 0 Å². The number of H-pyrrole nitrogens is 1. The van der Waals surface area contributed by atoms with Gasteiger partial charge in [-0.05, 0) is 23.3 Å². The van der Waals surface area contributed by atoms with Gasteiger partial charge >= 0.3 is 0 Å². The average Bonchev–Trinajstić information content (AvgIpc) is 3.44. The van der Waals surface area contributed by atoms with Crippen molar-refractivity contribution in [2.45, 2.75) is 18.6 Å². The molecule has 182 valence electrons. The van der Waals surface area contributed by atoms with Gasteiger partial charge in [0, 0.05) is 40.3 Å². The summed E-state index contributed by atoms with van der Waals surface area (Å²) in [4.78, 5) is 11.7. The molecule has 5 rings (SSSR count). The molecule has 0 unspecified atom stereocenters. The molecule has 0 spiro atoms. The minimum atomic E-state index is -2.22. The van der Waals surface area contributed by atoms with Crippen molar-refractivity contribution in [2.75, 3.05) is 25.7 Å². The maximum atomic E-state index is 14.9. The summed E-state index contributed by atoms with van der Waals surface area (Å²) in [6.45, 7) is 0.299. The number of halogens is 1. The third-order valence-corrected chi connectivity index (χ3v) is 6.27. The lowest BCUT2D eigenvalue weighted by Crippen LogP contribution is -2.17. The fourth-order valence-electron chi connectivity index (χ4n) is 3.98. The summed E-state index contributed by atoms with van der Waals surface area (Å²) in [5, 5.41) is 9.19. The SMILES string of the molecule is CS(C)(=O)=Nc1ccc(-c2ccc(-c3nc4nc(O[C@@H]5CO[C@H](CO)C5)[nH]c4cc3F)cc2)cc1. The molecule has 2 aromatic heterocycles. The molecule has 2 atom stereocenters. The molecule has 0 radical (unpaired) electrons. The molecule has 0 aliphatic carbocycles. The highest BCUT2D eigenvalue weighted by atomic mass is 32.2. The fourth-order valence-corrected chi connectivity index (χ4v) is 4.61. The number of rotatable bonds is 6. The van der Waals surface area contributed by atoms with Crippen LogP contribution >= 0.6 is 0 Å². The molecule has 0 amide bonds. The molecule has 4 aromatic rings. The Labute approximate surface area is 202 Å². The Morgan fingerprint density at radius 2 is 1.77 bits per heavy atom. The maximum absolute atomic E-state index is 14.9. The van der Waals surface area contributed by atoms with Crippen molar-refractivity contribution < 1.29 is 23.2 Å². The number of aliphatic hydroxyl groups is 1. The number of aromatic amines is 1. The number of nitrogens with zero attached hydrogens (tertiary/aromatic N) is 3. The number of nitrogens with one attached hydrogen (secondary N) is 1. The van der Waals surface area contributed by atoms with E-state index in [1.807, 2.05) is 48.5 Å². The van der Waals surface area contributed by atoms with E-state index >= 15 is 0 Å². The molecule has 8 nitrogen and oxygen atoms in total. The predicted molar refractivity (Wildman–Crippen MR) is 133 cm³/mol. The van der Waals surface area contributed by atoms with Crippen LogP contribution < -0.4 is 4.74 Å². The summed E-state index contributed by atoms with van der Waals surface area (Å²) in [6.07, 6.45) is 3.27. The fraction of sp³-hybridized carbons (Fsp3) is 0.280. The number of hydrogen-bond donors (Lipinski definition) is 2. The van der Waals surface area contributed by atoms with Gasteiger partial charge in [0.15, 0.2) is 11.5 Å². The van der Waals surface area contributed by atoms with Crippen LogP contribution in [0.1, 0.15) is 6.42 Å². The highest BCUT2D eigenvalue weighted by Crippen LogP contribution is 2.29. The van der Waals surface area contributed by atoms with Gasteiger partial charge < -0.3 is 19.6 Å². The van der Waals surface area contributed by atoms with Crippen LogP contribution in [0, 0.1) is 5.82 Å². The van der Waals surface area contributed by atoms with E-state index in [9.17, 15) is 13.7 Å². The number of imidazole rings is 1. The van der Waals surface area contributed by atoms with Crippen molar-refractivity contribution in [1.82, 2.24) is 15.0 Å². The zero-order valence-corrected chi connectivity index (χ0v) is 20.1. The molecule has 0 saturated carbocycles. The number of pyridine rings is 1. The lowest BCUT2D eigenvalue weighted by molar-refractivity contribution is 0.0528. The number of ether oxygens (including phenoxy) is 2. The van der Waals surface area contributed by atoms with E-state index in [4.69, 9.17) is 9.47 Å². The normalized spacial score (nSPS) is 18.2. The summed E-state index contributed by atoms with van der Waals surface area (Å²) in [6, 6.07) is 16.5. The first kappa shape index (κ1) is 23.4. The average molecular weight is 497 g/mol. The van der Waals surface area contributed by atoms with Gasteiger partial charge in [0.05, 0.1) is 30.5 Å². The van der Waals surface area contributed by atoms with Crippen molar-refractivity contribution in [2.24, 2.45) is 4.36 Å². The van der Waals surface area contributed by atoms with E-state index in [0.717, 1.165) is 11.1 Å². The molecule has 3 heterocycles. The van der Waals surface area contributed by atoms with E-state index in [2.05, 4.69) is 19.3 Å². The third-order valence-electron chi connectivity index (χ3n) is 5.61. The highest BCUT2D eigenvalue weighted by Gasteiger charge is 2.27. The van der Waals surface area contributed by atoms with Gasteiger partial charge in [-0.2, -0.15) is 9.35 Å². The summed E-state index contributed by atoms with van der Waals surface area (Å²) in [5.41, 5.74) is 4.18. The standard InChI is InChI=1S/C25H25FN4O4S/c1-35(2,32)30-18-9-7-16(8-10-18)15-3-5-17(6-4-15)23-21(26)12-22-24(28-23)29-25(27-22)34-20-11-19(13-31)33-14-20/h3-10,12,19-20,31H,11,13-14H2,1-2H3,(H,27,28,29)/t19-,20-/m0/s1. The van der Waals surface area contributed by atoms with Crippen LogP contribution in [0.5, 0.6) is 6.01 Å². The van der Waals surface area contributed by atoms with Crippen LogP contribution in [0.4, 0.5) is 10.1 Å². The second kappa shape index (κ2) is 9.37. The van der Waals surface area contributed by atoms with Crippen molar-refractivity contribution in [3.63, 3.8) is 0 Å².